The van der Waals surface area contributed by atoms with Crippen molar-refractivity contribution in [1.82, 2.24) is 29.7 Å². The summed E-state index contributed by atoms with van der Waals surface area (Å²) in [4.78, 5) is 40.0. The molecule has 2 aromatic carbocycles. The molecular formula is C37H42N8O3. The third-order valence-electron chi connectivity index (χ3n) is 10.8. The number of aliphatic hydroxyl groups excluding tert-OH is 2. The molecule has 11 heteroatoms. The monoisotopic (exact) mass is 646 g/mol. The number of hydrogen-bond donors (Lipinski definition) is 2. The second-order valence-electron chi connectivity index (χ2n) is 13.6. The van der Waals surface area contributed by atoms with Gasteiger partial charge in [0.2, 0.25) is 5.78 Å². The van der Waals surface area contributed by atoms with Crippen LogP contribution < -0.4 is 9.80 Å². The number of fused-ring (bicyclic) bond motifs is 2. The first-order chi connectivity index (χ1) is 23.5. The second kappa shape index (κ2) is 13.3. The number of piperidine rings is 2. The molecule has 4 aliphatic rings. The Bertz CT molecular complexity index is 1660. The Labute approximate surface area is 280 Å². The molecule has 0 spiro atoms. The fraction of sp³-hybridized carbons (Fsp3) is 0.432. The molecule has 11 nitrogen and oxygen atoms in total. The van der Waals surface area contributed by atoms with Crippen molar-refractivity contribution in [3.63, 3.8) is 0 Å². The van der Waals surface area contributed by atoms with Crippen LogP contribution in [0.5, 0.6) is 0 Å². The molecule has 0 saturated carbocycles. The molecule has 8 rings (SSSR count). The highest BCUT2D eigenvalue weighted by Gasteiger charge is 2.36. The summed E-state index contributed by atoms with van der Waals surface area (Å²) in [6.07, 6.45) is 5.35. The Morgan fingerprint density at radius 1 is 0.604 bits per heavy atom. The summed E-state index contributed by atoms with van der Waals surface area (Å²) >= 11 is 0. The van der Waals surface area contributed by atoms with E-state index in [9.17, 15) is 15.0 Å². The van der Waals surface area contributed by atoms with Crippen LogP contribution in [0.15, 0.2) is 73.3 Å². The van der Waals surface area contributed by atoms with Gasteiger partial charge in [-0.3, -0.25) is 14.6 Å². The maximum Gasteiger partial charge on any atom is 0.230 e. The number of β-amino-alcohol motifs (C(OH)–C–C–N with tert-alkyl or cyclic N) is 2. The van der Waals surface area contributed by atoms with Gasteiger partial charge in [0.05, 0.1) is 12.2 Å². The maximum atomic E-state index is 13.6. The second-order valence-corrected chi connectivity index (χ2v) is 13.6. The normalized spacial score (nSPS) is 25.0. The SMILES string of the molecule is O=C(c1cc(N2CC[C@@H](N3CCc4ccccc4C3)[C@H](O)C2)ncn1)c1cc(N2CC[C@@H](N3CCc4ccccc4C3)[C@H](O)C2)ncn1. The van der Waals surface area contributed by atoms with E-state index in [2.05, 4.69) is 78.3 Å². The molecule has 2 N–H and O–H groups in total. The summed E-state index contributed by atoms with van der Waals surface area (Å²) in [5.74, 6) is 0.927. The molecular weight excluding hydrogens is 604 g/mol. The number of anilines is 2. The molecule has 48 heavy (non-hydrogen) atoms. The highest BCUT2D eigenvalue weighted by atomic mass is 16.3. The lowest BCUT2D eigenvalue weighted by Crippen LogP contribution is -2.55. The van der Waals surface area contributed by atoms with Gasteiger partial charge in [-0.25, -0.2) is 19.9 Å². The van der Waals surface area contributed by atoms with Crippen molar-refractivity contribution in [3.05, 3.63) is 107 Å². The summed E-state index contributed by atoms with van der Waals surface area (Å²) in [6.45, 7) is 5.92. The molecule has 2 fully saturated rings. The van der Waals surface area contributed by atoms with Gasteiger partial charge in [0.1, 0.15) is 35.7 Å². The van der Waals surface area contributed by atoms with E-state index in [0.717, 1.165) is 65.0 Å². The minimum absolute atomic E-state index is 0.0807. The molecule has 2 saturated heterocycles. The van der Waals surface area contributed by atoms with E-state index in [4.69, 9.17) is 0 Å². The fourth-order valence-corrected chi connectivity index (χ4v) is 8.13. The third-order valence-corrected chi connectivity index (χ3v) is 10.8. The van der Waals surface area contributed by atoms with Gasteiger partial charge in [0.25, 0.3) is 0 Å². The Hall–Kier alpha value is -4.29. The van der Waals surface area contributed by atoms with E-state index in [-0.39, 0.29) is 29.3 Å². The quantitative estimate of drug-likeness (QED) is 0.301. The van der Waals surface area contributed by atoms with E-state index in [0.29, 0.717) is 24.7 Å². The van der Waals surface area contributed by atoms with Gasteiger partial charge >= 0.3 is 0 Å². The first-order valence-corrected chi connectivity index (χ1v) is 17.2. The van der Waals surface area contributed by atoms with E-state index in [1.165, 1.54) is 34.9 Å². The van der Waals surface area contributed by atoms with Crippen LogP contribution >= 0.6 is 0 Å². The van der Waals surface area contributed by atoms with Crippen LogP contribution in [0.1, 0.15) is 51.3 Å². The number of carbonyl (C=O) groups is 1. The smallest absolute Gasteiger partial charge is 0.230 e. The Morgan fingerprint density at radius 3 is 1.48 bits per heavy atom. The number of aromatic nitrogens is 4. The number of carbonyl (C=O) groups excluding carboxylic acids is 1. The van der Waals surface area contributed by atoms with Crippen LogP contribution in [0.3, 0.4) is 0 Å². The van der Waals surface area contributed by atoms with Gasteiger partial charge in [-0.05, 0) is 47.9 Å². The Balaban J connectivity index is 0.902. The van der Waals surface area contributed by atoms with Gasteiger partial charge in [-0.15, -0.1) is 0 Å². The Kier molecular flexibility index (Phi) is 8.60. The minimum atomic E-state index is -0.534. The first kappa shape index (κ1) is 31.0. The average Bonchev–Trinajstić information content (AvgIpc) is 3.14. The van der Waals surface area contributed by atoms with E-state index in [1.807, 2.05) is 9.80 Å². The highest BCUT2D eigenvalue weighted by molar-refractivity contribution is 6.07. The van der Waals surface area contributed by atoms with Gasteiger partial charge < -0.3 is 20.0 Å². The number of nitrogens with zero attached hydrogens (tertiary/aromatic N) is 8. The summed E-state index contributed by atoms with van der Waals surface area (Å²) in [5.41, 5.74) is 5.98. The van der Waals surface area contributed by atoms with Crippen molar-refractivity contribution in [1.29, 1.82) is 0 Å². The van der Waals surface area contributed by atoms with Crippen LogP contribution in [0.4, 0.5) is 11.6 Å². The highest BCUT2D eigenvalue weighted by Crippen LogP contribution is 2.29. The number of benzene rings is 2. The van der Waals surface area contributed by atoms with Gasteiger partial charge in [0, 0.05) is 76.6 Å². The molecule has 4 atom stereocenters. The molecule has 248 valence electrons. The third kappa shape index (κ3) is 6.19. The van der Waals surface area contributed by atoms with Crippen molar-refractivity contribution in [3.8, 4) is 0 Å². The molecule has 0 bridgehead atoms. The van der Waals surface area contributed by atoms with Crippen molar-refractivity contribution in [2.45, 2.75) is 63.1 Å². The Morgan fingerprint density at radius 2 is 1.04 bits per heavy atom. The van der Waals surface area contributed by atoms with Crippen molar-refractivity contribution in [2.24, 2.45) is 0 Å². The van der Waals surface area contributed by atoms with E-state index < -0.39 is 12.2 Å². The van der Waals surface area contributed by atoms with Crippen LogP contribution in [0.25, 0.3) is 0 Å². The number of aliphatic hydroxyl groups is 2. The average molecular weight is 647 g/mol. The molecule has 0 unspecified atom stereocenters. The van der Waals surface area contributed by atoms with Gasteiger partial charge in [-0.1, -0.05) is 48.5 Å². The zero-order valence-corrected chi connectivity index (χ0v) is 27.1. The molecule has 2 aromatic heterocycles. The van der Waals surface area contributed by atoms with E-state index >= 15 is 0 Å². The molecule has 4 aromatic rings. The first-order valence-electron chi connectivity index (χ1n) is 17.2. The number of ketones is 1. The van der Waals surface area contributed by atoms with E-state index in [1.54, 1.807) is 12.1 Å². The lowest BCUT2D eigenvalue weighted by atomic mass is 9.94. The van der Waals surface area contributed by atoms with Gasteiger partial charge in [0.15, 0.2) is 0 Å². The van der Waals surface area contributed by atoms with Crippen LogP contribution in [-0.4, -0.2) is 109 Å². The molecule has 6 heterocycles. The molecule has 4 aliphatic heterocycles. The molecule has 0 amide bonds. The summed E-state index contributed by atoms with van der Waals surface area (Å²) < 4.78 is 0. The van der Waals surface area contributed by atoms with Crippen molar-refractivity contribution < 1.29 is 15.0 Å². The fourth-order valence-electron chi connectivity index (χ4n) is 8.13. The summed E-state index contributed by atoms with van der Waals surface area (Å²) in [7, 11) is 0. The molecule has 0 aliphatic carbocycles. The zero-order valence-electron chi connectivity index (χ0n) is 27.1. The standard InChI is InChI=1S/C37H42N8O3/c46-33-21-44(15-11-31(33)42-13-9-25-5-1-3-7-27(25)19-42)35-17-29(38-23-40-35)37(48)30-18-36(41-24-39-30)45-16-12-32(34(47)22-45)43-14-10-26-6-2-4-8-28(26)20-43/h1-8,17-18,23-24,31-34,46-47H,9-16,19-22H2/t31-,32-,33-,34-/m1/s1. The van der Waals surface area contributed by atoms with Crippen LogP contribution in [-0.2, 0) is 25.9 Å². The lowest BCUT2D eigenvalue weighted by molar-refractivity contribution is 0.0292. The minimum Gasteiger partial charge on any atom is -0.390 e. The van der Waals surface area contributed by atoms with Crippen molar-refractivity contribution >= 4 is 17.4 Å². The molecule has 0 radical (unpaired) electrons. The largest absolute Gasteiger partial charge is 0.390 e. The van der Waals surface area contributed by atoms with Crippen LogP contribution in [0.2, 0.25) is 0 Å². The predicted molar refractivity (Wildman–Crippen MR) is 182 cm³/mol. The van der Waals surface area contributed by atoms with Crippen molar-refractivity contribution in [2.75, 3.05) is 49.1 Å². The predicted octanol–water partition coefficient (Wildman–Crippen LogP) is 2.49. The maximum absolute atomic E-state index is 13.6. The zero-order chi connectivity index (χ0) is 32.6. The van der Waals surface area contributed by atoms with Crippen LogP contribution in [0, 0.1) is 0 Å². The number of rotatable bonds is 6. The summed E-state index contributed by atoms with van der Waals surface area (Å²) in [6, 6.07) is 20.7. The lowest BCUT2D eigenvalue weighted by Gasteiger charge is -2.43. The van der Waals surface area contributed by atoms with Gasteiger partial charge in [-0.2, -0.15) is 0 Å². The number of hydrogen-bond acceptors (Lipinski definition) is 11. The summed E-state index contributed by atoms with van der Waals surface area (Å²) in [5, 5.41) is 22.4. The topological polar surface area (TPSA) is 122 Å².